The van der Waals surface area contributed by atoms with Crippen LogP contribution in [0.15, 0.2) is 30.3 Å². The molecule has 0 spiro atoms. The molecule has 0 unspecified atom stereocenters. The number of rotatable bonds is 4. The van der Waals surface area contributed by atoms with E-state index < -0.39 is 0 Å². The molecule has 0 radical (unpaired) electrons. The third kappa shape index (κ3) is 3.72. The number of nitrogens with one attached hydrogen (secondary N) is 1. The van der Waals surface area contributed by atoms with E-state index in [0.29, 0.717) is 0 Å². The fraction of sp³-hybridized carbons (Fsp3) is 0.417. The van der Waals surface area contributed by atoms with Crippen molar-refractivity contribution >= 4 is 5.91 Å². The molecule has 1 aromatic rings. The van der Waals surface area contributed by atoms with Crippen molar-refractivity contribution in [2.24, 2.45) is 0 Å². The summed E-state index contributed by atoms with van der Waals surface area (Å²) in [6.45, 7) is 2.60. The monoisotopic (exact) mass is 206 g/mol. The Morgan fingerprint density at radius 1 is 1.33 bits per heavy atom. The molecular weight excluding hydrogens is 188 g/mol. The molecular formula is C12H18N2O. The van der Waals surface area contributed by atoms with Crippen LogP contribution < -0.4 is 5.32 Å². The van der Waals surface area contributed by atoms with E-state index in [1.54, 1.807) is 19.0 Å². The molecule has 1 amide bonds. The summed E-state index contributed by atoms with van der Waals surface area (Å²) in [5.41, 5.74) is 1.19. The van der Waals surface area contributed by atoms with Gasteiger partial charge >= 0.3 is 0 Å². The van der Waals surface area contributed by atoms with E-state index in [-0.39, 0.29) is 11.9 Å². The molecule has 0 bridgehead atoms. The lowest BCUT2D eigenvalue weighted by Gasteiger charge is -2.17. The van der Waals surface area contributed by atoms with E-state index in [1.165, 1.54) is 5.56 Å². The molecule has 1 rings (SSSR count). The topological polar surface area (TPSA) is 32.3 Å². The van der Waals surface area contributed by atoms with Crippen LogP contribution in [0.1, 0.15) is 12.5 Å². The number of carbonyl (C=O) groups excluding carboxylic acids is 1. The first-order chi connectivity index (χ1) is 7.11. The fourth-order valence-electron chi connectivity index (χ4n) is 1.34. The maximum atomic E-state index is 11.5. The van der Waals surface area contributed by atoms with Crippen molar-refractivity contribution in [3.8, 4) is 0 Å². The second kappa shape index (κ2) is 5.51. The molecule has 0 fully saturated rings. The maximum absolute atomic E-state index is 11.5. The van der Waals surface area contributed by atoms with Gasteiger partial charge in [-0.2, -0.15) is 0 Å². The minimum absolute atomic E-state index is 0.103. The first-order valence-corrected chi connectivity index (χ1v) is 5.09. The van der Waals surface area contributed by atoms with Gasteiger partial charge in [0.2, 0.25) is 5.91 Å². The van der Waals surface area contributed by atoms with Gasteiger partial charge in [-0.25, -0.2) is 0 Å². The highest BCUT2D eigenvalue weighted by molar-refractivity contribution is 5.80. The predicted molar refractivity (Wildman–Crippen MR) is 61.4 cm³/mol. The lowest BCUT2D eigenvalue weighted by Crippen LogP contribution is -2.41. The minimum atomic E-state index is -0.139. The average Bonchev–Trinajstić information content (AvgIpc) is 2.26. The normalized spacial score (nSPS) is 12.2. The van der Waals surface area contributed by atoms with Crippen LogP contribution in [0.5, 0.6) is 0 Å². The van der Waals surface area contributed by atoms with Gasteiger partial charge < -0.3 is 10.2 Å². The van der Waals surface area contributed by atoms with Gasteiger partial charge in [-0.1, -0.05) is 30.3 Å². The van der Waals surface area contributed by atoms with E-state index in [4.69, 9.17) is 0 Å². The van der Waals surface area contributed by atoms with Crippen molar-refractivity contribution in [3.63, 3.8) is 0 Å². The zero-order valence-corrected chi connectivity index (χ0v) is 9.53. The van der Waals surface area contributed by atoms with Crippen molar-refractivity contribution in [2.45, 2.75) is 19.5 Å². The number of carbonyl (C=O) groups is 1. The largest absolute Gasteiger partial charge is 0.347 e. The Kier molecular flexibility index (Phi) is 4.31. The molecule has 0 aliphatic carbocycles. The molecule has 0 saturated carbocycles. The number of likely N-dealkylation sites (N-methyl/N-ethyl adjacent to an activating group) is 1. The van der Waals surface area contributed by atoms with Crippen LogP contribution in [0.3, 0.4) is 0 Å². The molecule has 1 aromatic carbocycles. The number of hydrogen-bond acceptors (Lipinski definition) is 2. The van der Waals surface area contributed by atoms with E-state index in [2.05, 4.69) is 5.32 Å². The van der Waals surface area contributed by atoms with E-state index in [0.717, 1.165) is 6.54 Å². The van der Waals surface area contributed by atoms with Gasteiger partial charge in [-0.05, 0) is 12.5 Å². The average molecular weight is 206 g/mol. The molecule has 0 aromatic heterocycles. The van der Waals surface area contributed by atoms with Gasteiger partial charge in [0.1, 0.15) is 0 Å². The fourth-order valence-corrected chi connectivity index (χ4v) is 1.34. The highest BCUT2D eigenvalue weighted by Crippen LogP contribution is 1.98. The van der Waals surface area contributed by atoms with Crippen molar-refractivity contribution in [1.29, 1.82) is 0 Å². The summed E-state index contributed by atoms with van der Waals surface area (Å²) >= 11 is 0. The minimum Gasteiger partial charge on any atom is -0.347 e. The lowest BCUT2D eigenvalue weighted by atomic mass is 10.2. The van der Waals surface area contributed by atoms with E-state index >= 15 is 0 Å². The number of benzene rings is 1. The summed E-state index contributed by atoms with van der Waals surface area (Å²) in [7, 11) is 3.53. The first kappa shape index (κ1) is 11.7. The highest BCUT2D eigenvalue weighted by Gasteiger charge is 2.13. The summed E-state index contributed by atoms with van der Waals surface area (Å²) in [6.07, 6.45) is 0. The summed E-state index contributed by atoms with van der Waals surface area (Å²) < 4.78 is 0. The molecule has 82 valence electrons. The first-order valence-electron chi connectivity index (χ1n) is 5.09. The number of hydrogen-bond donors (Lipinski definition) is 1. The standard InChI is InChI=1S/C12H18N2O/c1-10(12(15)14(2)3)13-9-11-7-5-4-6-8-11/h4-8,10,13H,9H2,1-3H3/t10-/m1/s1. The number of nitrogens with zero attached hydrogens (tertiary/aromatic N) is 1. The van der Waals surface area contributed by atoms with Crippen molar-refractivity contribution in [3.05, 3.63) is 35.9 Å². The Morgan fingerprint density at radius 3 is 2.47 bits per heavy atom. The second-order valence-corrected chi connectivity index (χ2v) is 3.82. The quantitative estimate of drug-likeness (QED) is 0.804. The van der Waals surface area contributed by atoms with Crippen LogP contribution in [0.2, 0.25) is 0 Å². The van der Waals surface area contributed by atoms with Gasteiger partial charge in [0.05, 0.1) is 6.04 Å². The molecule has 15 heavy (non-hydrogen) atoms. The summed E-state index contributed by atoms with van der Waals surface area (Å²) in [5.74, 6) is 0.103. The summed E-state index contributed by atoms with van der Waals surface area (Å²) in [6, 6.07) is 9.92. The highest BCUT2D eigenvalue weighted by atomic mass is 16.2. The van der Waals surface area contributed by atoms with Crippen molar-refractivity contribution < 1.29 is 4.79 Å². The zero-order valence-electron chi connectivity index (χ0n) is 9.53. The third-order valence-electron chi connectivity index (χ3n) is 2.27. The molecule has 3 nitrogen and oxygen atoms in total. The molecule has 0 aliphatic rings. The van der Waals surface area contributed by atoms with Crippen molar-refractivity contribution in [1.82, 2.24) is 10.2 Å². The lowest BCUT2D eigenvalue weighted by molar-refractivity contribution is -0.130. The Morgan fingerprint density at radius 2 is 1.93 bits per heavy atom. The van der Waals surface area contributed by atoms with Gasteiger partial charge in [0.15, 0.2) is 0 Å². The molecule has 1 N–H and O–H groups in total. The van der Waals surface area contributed by atoms with Crippen LogP contribution in [0.4, 0.5) is 0 Å². The molecule has 3 heteroatoms. The van der Waals surface area contributed by atoms with Gasteiger partial charge in [-0.3, -0.25) is 4.79 Å². The van der Waals surface area contributed by atoms with Gasteiger partial charge in [-0.15, -0.1) is 0 Å². The van der Waals surface area contributed by atoms with E-state index in [9.17, 15) is 4.79 Å². The Balaban J connectivity index is 2.41. The second-order valence-electron chi connectivity index (χ2n) is 3.82. The van der Waals surface area contributed by atoms with Gasteiger partial charge in [0.25, 0.3) is 0 Å². The van der Waals surface area contributed by atoms with Crippen LogP contribution in [-0.2, 0) is 11.3 Å². The molecule has 0 heterocycles. The Labute approximate surface area is 91.1 Å². The SMILES string of the molecule is C[C@@H](NCc1ccccc1)C(=O)N(C)C. The Bertz CT molecular complexity index is 309. The maximum Gasteiger partial charge on any atom is 0.238 e. The third-order valence-corrected chi connectivity index (χ3v) is 2.27. The summed E-state index contributed by atoms with van der Waals surface area (Å²) in [5, 5.41) is 3.19. The van der Waals surface area contributed by atoms with Crippen molar-refractivity contribution in [2.75, 3.05) is 14.1 Å². The number of amides is 1. The summed E-state index contributed by atoms with van der Waals surface area (Å²) in [4.78, 5) is 13.1. The van der Waals surface area contributed by atoms with E-state index in [1.807, 2.05) is 37.3 Å². The predicted octanol–water partition coefficient (Wildman–Crippen LogP) is 1.25. The molecule has 0 aliphatic heterocycles. The Hall–Kier alpha value is -1.35. The van der Waals surface area contributed by atoms with Gasteiger partial charge in [0, 0.05) is 20.6 Å². The zero-order chi connectivity index (χ0) is 11.3. The van der Waals surface area contributed by atoms with Crippen LogP contribution in [0.25, 0.3) is 0 Å². The molecule has 0 saturated heterocycles. The van der Waals surface area contributed by atoms with Crippen LogP contribution in [-0.4, -0.2) is 30.9 Å². The van der Waals surface area contributed by atoms with Crippen LogP contribution >= 0.6 is 0 Å². The van der Waals surface area contributed by atoms with Crippen LogP contribution in [0, 0.1) is 0 Å². The smallest absolute Gasteiger partial charge is 0.238 e. The molecule has 1 atom stereocenters.